The molecule has 0 aromatic heterocycles. The van der Waals surface area contributed by atoms with E-state index in [1.165, 1.54) is 0 Å². The van der Waals surface area contributed by atoms with Crippen LogP contribution in [0.5, 0.6) is 0 Å². The van der Waals surface area contributed by atoms with Gasteiger partial charge in [-0.15, -0.1) is 4.67 Å². The van der Waals surface area contributed by atoms with Crippen molar-refractivity contribution < 1.29 is 42.9 Å². The lowest BCUT2D eigenvalue weighted by Crippen LogP contribution is -3.00. The van der Waals surface area contributed by atoms with Crippen molar-refractivity contribution in [1.29, 1.82) is 0 Å². The van der Waals surface area contributed by atoms with Gasteiger partial charge in [-0.1, -0.05) is 0 Å². The summed E-state index contributed by atoms with van der Waals surface area (Å²) in [6, 6.07) is 0. The first-order chi connectivity index (χ1) is 11.0. The summed E-state index contributed by atoms with van der Waals surface area (Å²) >= 11 is 0. The van der Waals surface area contributed by atoms with Crippen molar-refractivity contribution in [2.75, 3.05) is 101 Å². The molecule has 0 bridgehead atoms. The van der Waals surface area contributed by atoms with Crippen molar-refractivity contribution >= 4 is 7.71 Å². The first-order valence-corrected chi connectivity index (χ1v) is 10.4. The third kappa shape index (κ3) is 8.51. The summed E-state index contributed by atoms with van der Waals surface area (Å²) in [5, 5.41) is 0. The number of halogens is 1. The van der Waals surface area contributed by atoms with Crippen LogP contribution in [0.2, 0.25) is 0 Å². The average molecular weight is 479 g/mol. The zero-order valence-electron chi connectivity index (χ0n) is 15.9. The first kappa shape index (κ1) is 24.9. The fourth-order valence-electron chi connectivity index (χ4n) is 2.46. The van der Waals surface area contributed by atoms with Gasteiger partial charge in [0.15, 0.2) is 0 Å². The number of rotatable bonds is 3. The van der Waals surface area contributed by atoms with E-state index in [1.54, 1.807) is 0 Å². The Kier molecular flexibility index (Phi) is 14.5. The quantitative estimate of drug-likeness (QED) is 0.339. The molecular weight excluding hydrogens is 444 g/mol. The molecule has 0 amide bonds. The van der Waals surface area contributed by atoms with Crippen molar-refractivity contribution in [2.24, 2.45) is 0 Å². The second kappa shape index (κ2) is 14.0. The summed E-state index contributed by atoms with van der Waals surface area (Å²) < 4.78 is 29.5. The summed E-state index contributed by atoms with van der Waals surface area (Å²) in [6.45, 7) is 9.23. The lowest BCUT2D eigenvalue weighted by molar-refractivity contribution is -0.00000655. The summed E-state index contributed by atoms with van der Waals surface area (Å²) in [7, 11) is 7.04. The highest BCUT2D eigenvalue weighted by Gasteiger charge is 2.45. The minimum atomic E-state index is -1.54. The van der Waals surface area contributed by atoms with Crippen LogP contribution >= 0.6 is 7.71 Å². The molecule has 0 atom stereocenters. The Labute approximate surface area is 165 Å². The van der Waals surface area contributed by atoms with Crippen LogP contribution in [0.4, 0.5) is 0 Å². The molecule has 1 heterocycles. The molecule has 1 fully saturated rings. The Hall–Kier alpha value is 0.880. The summed E-state index contributed by atoms with van der Waals surface area (Å²) in [4.78, 5) is 0. The smallest absolute Gasteiger partial charge is 0.223 e. The largest absolute Gasteiger partial charge is 1.00 e. The monoisotopic (exact) mass is 479 g/mol. The summed E-state index contributed by atoms with van der Waals surface area (Å²) in [5.74, 6) is 0. The Bertz CT molecular complexity index is 290. The fourth-order valence-corrected chi connectivity index (χ4v) is 5.10. The lowest BCUT2D eigenvalue weighted by atomic mass is 10.6. The molecule has 0 saturated carbocycles. The minimum Gasteiger partial charge on any atom is -1.00 e. The normalized spacial score (nSPS) is 21.1. The molecule has 1 aliphatic heterocycles. The molecule has 0 aromatic carbocycles. The molecule has 24 heavy (non-hydrogen) atoms. The van der Waals surface area contributed by atoms with Gasteiger partial charge in [-0.2, -0.15) is 9.34 Å². The molecule has 1 saturated heterocycles. The van der Waals surface area contributed by atoms with Gasteiger partial charge in [-0.3, -0.25) is 0 Å². The van der Waals surface area contributed by atoms with Crippen LogP contribution in [-0.2, 0) is 18.9 Å². The number of ether oxygens (including phenoxy) is 4. The molecule has 1 rings (SSSR count). The third-order valence-electron chi connectivity index (χ3n) is 4.15. The van der Waals surface area contributed by atoms with Crippen LogP contribution < -0.4 is 24.0 Å². The number of hydrogen-bond donors (Lipinski definition) is 0. The first-order valence-electron chi connectivity index (χ1n) is 8.28. The lowest BCUT2D eigenvalue weighted by Gasteiger charge is -2.40. The predicted octanol–water partition coefficient (Wildman–Crippen LogP) is -2.11. The van der Waals surface area contributed by atoms with Gasteiger partial charge in [0, 0.05) is 28.2 Å². The number of hydrogen-bond acceptors (Lipinski definition) is 7. The molecule has 0 aliphatic carbocycles. The predicted molar refractivity (Wildman–Crippen MR) is 95.1 cm³/mol. The van der Waals surface area contributed by atoms with E-state index in [0.29, 0.717) is 52.9 Å². The highest BCUT2D eigenvalue weighted by atomic mass is 127. The van der Waals surface area contributed by atoms with Gasteiger partial charge in [-0.25, -0.2) is 0 Å². The molecule has 9 heteroatoms. The van der Waals surface area contributed by atoms with E-state index >= 15 is 0 Å². The molecule has 1 aliphatic rings. The van der Waals surface area contributed by atoms with E-state index in [4.69, 9.17) is 18.9 Å². The number of nitrogens with zero attached hydrogens (tertiary/aromatic N) is 3. The third-order valence-corrected chi connectivity index (χ3v) is 8.66. The molecule has 0 N–H and O–H groups in total. The van der Waals surface area contributed by atoms with Crippen LogP contribution in [0.1, 0.15) is 0 Å². The maximum absolute atomic E-state index is 5.73. The maximum Gasteiger partial charge on any atom is 0.223 e. The van der Waals surface area contributed by atoms with E-state index in [-0.39, 0.29) is 24.0 Å². The average Bonchev–Trinajstić information content (AvgIpc) is 2.52. The summed E-state index contributed by atoms with van der Waals surface area (Å²) in [5.41, 5.74) is 0. The zero-order chi connectivity index (χ0) is 17.1. The molecular formula is C15H35IN3O4P. The molecule has 0 aromatic rings. The van der Waals surface area contributed by atoms with E-state index < -0.39 is 7.71 Å². The van der Waals surface area contributed by atoms with E-state index in [2.05, 4.69) is 48.9 Å². The zero-order valence-corrected chi connectivity index (χ0v) is 18.9. The standard InChI is InChI=1S/C15H35N3O4P.HI/c1-16(2)23(5,17(3)4)18-6-8-19-10-12-21-14-15-22-13-11-20-9-7-18;/h6-15H2,1-5H3;1H/q+1;/p-1. The van der Waals surface area contributed by atoms with Crippen LogP contribution in [0.3, 0.4) is 0 Å². The van der Waals surface area contributed by atoms with Gasteiger partial charge in [0.25, 0.3) is 0 Å². The molecule has 146 valence electrons. The topological polar surface area (TPSA) is 46.6 Å². The van der Waals surface area contributed by atoms with Crippen molar-refractivity contribution in [3.63, 3.8) is 0 Å². The maximum atomic E-state index is 5.73. The van der Waals surface area contributed by atoms with Gasteiger partial charge in [0.2, 0.25) is 7.71 Å². The molecule has 0 unspecified atom stereocenters. The summed E-state index contributed by atoms with van der Waals surface area (Å²) in [6.07, 6.45) is 0. The van der Waals surface area contributed by atoms with Crippen LogP contribution in [0, 0.1) is 0 Å². The van der Waals surface area contributed by atoms with Gasteiger partial charge in [0.05, 0.1) is 72.6 Å². The molecule has 0 radical (unpaired) electrons. The van der Waals surface area contributed by atoms with E-state index in [1.807, 2.05) is 0 Å². The van der Waals surface area contributed by atoms with Crippen LogP contribution in [0.15, 0.2) is 0 Å². The van der Waals surface area contributed by atoms with E-state index in [9.17, 15) is 0 Å². The second-order valence-electron chi connectivity index (χ2n) is 5.97. The van der Waals surface area contributed by atoms with Gasteiger partial charge >= 0.3 is 0 Å². The van der Waals surface area contributed by atoms with Crippen molar-refractivity contribution in [3.05, 3.63) is 0 Å². The van der Waals surface area contributed by atoms with Gasteiger partial charge in [-0.05, 0) is 0 Å². The van der Waals surface area contributed by atoms with Crippen molar-refractivity contribution in [2.45, 2.75) is 0 Å². The van der Waals surface area contributed by atoms with Crippen molar-refractivity contribution in [3.8, 4) is 0 Å². The molecule has 0 spiro atoms. The Morgan fingerprint density at radius 3 is 1.21 bits per heavy atom. The SMILES string of the molecule is CN(C)[P+](C)(N(C)C)N1CCOCCOCCOCCOCC1.[I-]. The second-order valence-corrected chi connectivity index (χ2v) is 9.87. The minimum absolute atomic E-state index is 0. The highest BCUT2D eigenvalue weighted by molar-refractivity contribution is 7.68. The fraction of sp³-hybridized carbons (Fsp3) is 1.00. The Morgan fingerprint density at radius 1 is 0.625 bits per heavy atom. The van der Waals surface area contributed by atoms with Crippen LogP contribution in [-0.4, -0.2) is 115 Å². The van der Waals surface area contributed by atoms with Crippen molar-refractivity contribution in [1.82, 2.24) is 14.0 Å². The van der Waals surface area contributed by atoms with Gasteiger partial charge < -0.3 is 42.9 Å². The highest BCUT2D eigenvalue weighted by Crippen LogP contribution is 2.61. The Morgan fingerprint density at radius 2 is 0.917 bits per heavy atom. The Balaban J connectivity index is 0.00000529. The van der Waals surface area contributed by atoms with E-state index in [0.717, 1.165) is 13.1 Å². The van der Waals surface area contributed by atoms with Gasteiger partial charge in [0.1, 0.15) is 0 Å². The van der Waals surface area contributed by atoms with Crippen LogP contribution in [0.25, 0.3) is 0 Å². The molecule has 7 nitrogen and oxygen atoms in total.